The van der Waals surface area contributed by atoms with E-state index in [4.69, 9.17) is 11.3 Å². The van der Waals surface area contributed by atoms with E-state index >= 15 is 0 Å². The van der Waals surface area contributed by atoms with Gasteiger partial charge in [-0.25, -0.2) is 4.85 Å². The molecule has 0 aliphatic carbocycles. The van der Waals surface area contributed by atoms with E-state index in [1.54, 1.807) is 13.0 Å². The molecule has 0 spiro atoms. The van der Waals surface area contributed by atoms with Crippen LogP contribution < -0.4 is 0 Å². The van der Waals surface area contributed by atoms with Crippen LogP contribution in [-0.4, -0.2) is 12.6 Å². The number of hydrogen-bond acceptors (Lipinski definition) is 2. The fourth-order valence-corrected chi connectivity index (χ4v) is 1.17. The maximum Gasteiger partial charge on any atom is 0.336 e. The second kappa shape index (κ2) is 7.02. The number of hydrogen-bond donors (Lipinski definition) is 0. The molecule has 17 heavy (non-hydrogen) atoms. The molecule has 0 saturated heterocycles. The van der Waals surface area contributed by atoms with Gasteiger partial charge in [0.25, 0.3) is 5.70 Å². The molecule has 1 rings (SSSR count). The Morgan fingerprint density at radius 2 is 2.12 bits per heavy atom. The van der Waals surface area contributed by atoms with Crippen molar-refractivity contribution in [2.75, 3.05) is 6.61 Å². The Morgan fingerprint density at radius 3 is 2.71 bits per heavy atom. The van der Waals surface area contributed by atoms with Crippen LogP contribution in [0.5, 0.6) is 0 Å². The van der Waals surface area contributed by atoms with Crippen LogP contribution in [0.15, 0.2) is 48.2 Å². The van der Waals surface area contributed by atoms with E-state index in [9.17, 15) is 4.79 Å². The first-order valence-electron chi connectivity index (χ1n) is 5.26. The zero-order valence-electron chi connectivity index (χ0n) is 9.59. The highest BCUT2D eigenvalue weighted by atomic mass is 16.5. The lowest BCUT2D eigenvalue weighted by molar-refractivity contribution is -0.138. The minimum Gasteiger partial charge on any atom is -0.471 e. The monoisotopic (exact) mass is 227 g/mol. The summed E-state index contributed by atoms with van der Waals surface area (Å²) in [5.41, 5.74) is 0.996. The number of rotatable bonds is 4. The Morgan fingerprint density at radius 1 is 1.41 bits per heavy atom. The van der Waals surface area contributed by atoms with Crippen molar-refractivity contribution in [2.24, 2.45) is 0 Å². The molecule has 0 unspecified atom stereocenters. The lowest BCUT2D eigenvalue weighted by Gasteiger charge is -1.97. The first kappa shape index (κ1) is 12.7. The Balaban J connectivity index is 2.72. The van der Waals surface area contributed by atoms with Crippen LogP contribution in [0.1, 0.15) is 12.5 Å². The molecular formula is C14H13NO2. The molecule has 0 heterocycles. The summed E-state index contributed by atoms with van der Waals surface area (Å²) in [6, 6.07) is 9.64. The van der Waals surface area contributed by atoms with Gasteiger partial charge in [-0.15, -0.1) is 0 Å². The molecule has 0 amide bonds. The van der Waals surface area contributed by atoms with Gasteiger partial charge >= 0.3 is 5.97 Å². The van der Waals surface area contributed by atoms with Gasteiger partial charge in [0.05, 0.1) is 13.2 Å². The van der Waals surface area contributed by atoms with Gasteiger partial charge in [0.15, 0.2) is 0 Å². The van der Waals surface area contributed by atoms with Crippen LogP contribution in [0.25, 0.3) is 10.9 Å². The molecule has 3 nitrogen and oxygen atoms in total. The fourth-order valence-electron chi connectivity index (χ4n) is 1.17. The highest BCUT2D eigenvalue weighted by molar-refractivity contribution is 5.90. The van der Waals surface area contributed by atoms with Crippen LogP contribution in [0.2, 0.25) is 0 Å². The van der Waals surface area contributed by atoms with Crippen molar-refractivity contribution in [1.29, 1.82) is 0 Å². The lowest BCUT2D eigenvalue weighted by atomic mass is 10.2. The van der Waals surface area contributed by atoms with E-state index < -0.39 is 5.97 Å². The maximum atomic E-state index is 11.3. The number of ether oxygens (including phenoxy) is 1. The zero-order chi connectivity index (χ0) is 12.5. The SMILES string of the molecule is [C-]#[N+]C(=CC=Cc1ccccc1)C(=O)OCC. The number of carbonyl (C=O) groups excluding carboxylic acids is 1. The standard InChI is InChI=1S/C14H13NO2/c1-3-17-14(16)13(15-2)11-7-10-12-8-5-4-6-9-12/h4-11H,3H2,1H3. The van der Waals surface area contributed by atoms with Crippen LogP contribution in [0.4, 0.5) is 0 Å². The number of carbonyl (C=O) groups is 1. The summed E-state index contributed by atoms with van der Waals surface area (Å²) < 4.78 is 4.74. The molecule has 0 fully saturated rings. The second-order valence-corrected chi connectivity index (χ2v) is 3.15. The largest absolute Gasteiger partial charge is 0.471 e. The van der Waals surface area contributed by atoms with Gasteiger partial charge in [0.2, 0.25) is 0 Å². The van der Waals surface area contributed by atoms with Gasteiger partial charge < -0.3 is 4.74 Å². The normalized spacial score (nSPS) is 11.2. The highest BCUT2D eigenvalue weighted by Crippen LogP contribution is 2.04. The molecule has 0 aromatic heterocycles. The quantitative estimate of drug-likeness (QED) is 0.342. The molecular weight excluding hydrogens is 214 g/mol. The average Bonchev–Trinajstić information content (AvgIpc) is 2.36. The summed E-state index contributed by atoms with van der Waals surface area (Å²) in [5.74, 6) is -0.583. The predicted molar refractivity (Wildman–Crippen MR) is 66.8 cm³/mol. The highest BCUT2D eigenvalue weighted by Gasteiger charge is 2.08. The molecule has 0 saturated carbocycles. The molecule has 0 N–H and O–H groups in total. The van der Waals surface area contributed by atoms with Crippen molar-refractivity contribution in [2.45, 2.75) is 6.92 Å². The van der Waals surface area contributed by atoms with Gasteiger partial charge in [-0.3, -0.25) is 4.79 Å². The molecule has 0 bridgehead atoms. The summed E-state index contributed by atoms with van der Waals surface area (Å²) in [5, 5.41) is 0. The fraction of sp³-hybridized carbons (Fsp3) is 0.143. The van der Waals surface area contributed by atoms with E-state index in [0.717, 1.165) is 5.56 Å². The number of benzene rings is 1. The topological polar surface area (TPSA) is 30.7 Å². The maximum absolute atomic E-state index is 11.3. The van der Waals surface area contributed by atoms with Crippen molar-refractivity contribution in [3.8, 4) is 0 Å². The Labute approximate surface area is 101 Å². The second-order valence-electron chi connectivity index (χ2n) is 3.15. The van der Waals surface area contributed by atoms with Crippen molar-refractivity contribution in [3.63, 3.8) is 0 Å². The zero-order valence-corrected chi connectivity index (χ0v) is 9.59. The van der Waals surface area contributed by atoms with E-state index in [2.05, 4.69) is 4.85 Å². The van der Waals surface area contributed by atoms with Crippen molar-refractivity contribution in [3.05, 3.63) is 65.2 Å². The number of allylic oxidation sites excluding steroid dienone is 2. The summed E-state index contributed by atoms with van der Waals surface area (Å²) in [6.07, 6.45) is 4.95. The molecule has 1 aromatic rings. The minimum absolute atomic E-state index is 0.0148. The van der Waals surface area contributed by atoms with Gasteiger partial charge in [-0.2, -0.15) is 0 Å². The summed E-state index contributed by atoms with van der Waals surface area (Å²) >= 11 is 0. The summed E-state index contributed by atoms with van der Waals surface area (Å²) in [7, 11) is 0. The third-order valence-corrected chi connectivity index (χ3v) is 1.95. The molecule has 0 radical (unpaired) electrons. The average molecular weight is 227 g/mol. The number of esters is 1. The van der Waals surface area contributed by atoms with Crippen LogP contribution in [0.3, 0.4) is 0 Å². The third kappa shape index (κ3) is 4.35. The van der Waals surface area contributed by atoms with E-state index in [0.29, 0.717) is 0 Å². The van der Waals surface area contributed by atoms with Gasteiger partial charge in [-0.1, -0.05) is 42.5 Å². The first-order valence-corrected chi connectivity index (χ1v) is 5.26. The molecule has 0 atom stereocenters. The Bertz CT molecular complexity index is 467. The molecule has 1 aromatic carbocycles. The first-order chi connectivity index (χ1) is 8.27. The molecule has 86 valence electrons. The number of nitrogens with zero attached hydrogens (tertiary/aromatic N) is 1. The Hall–Kier alpha value is -2.34. The van der Waals surface area contributed by atoms with Crippen LogP contribution in [-0.2, 0) is 9.53 Å². The Kier molecular flexibility index (Phi) is 5.26. The summed E-state index contributed by atoms with van der Waals surface area (Å²) in [6.45, 7) is 8.85. The smallest absolute Gasteiger partial charge is 0.336 e. The van der Waals surface area contributed by atoms with Gasteiger partial charge in [0.1, 0.15) is 0 Å². The van der Waals surface area contributed by atoms with Crippen molar-refractivity contribution < 1.29 is 9.53 Å². The van der Waals surface area contributed by atoms with E-state index in [-0.39, 0.29) is 12.3 Å². The van der Waals surface area contributed by atoms with Gasteiger partial charge in [-0.05, 0) is 18.6 Å². The van der Waals surface area contributed by atoms with Crippen LogP contribution in [0, 0.1) is 6.57 Å². The molecule has 0 aliphatic heterocycles. The van der Waals surface area contributed by atoms with E-state index in [1.165, 1.54) is 6.08 Å². The molecule has 0 aliphatic rings. The van der Waals surface area contributed by atoms with E-state index in [1.807, 2.05) is 36.4 Å². The van der Waals surface area contributed by atoms with Crippen LogP contribution >= 0.6 is 0 Å². The lowest BCUT2D eigenvalue weighted by Crippen LogP contribution is -2.04. The predicted octanol–water partition coefficient (Wildman–Crippen LogP) is 3.07. The molecule has 3 heteroatoms. The van der Waals surface area contributed by atoms with Gasteiger partial charge in [0, 0.05) is 0 Å². The van der Waals surface area contributed by atoms with Crippen molar-refractivity contribution in [1.82, 2.24) is 0 Å². The summed E-state index contributed by atoms with van der Waals surface area (Å²) in [4.78, 5) is 14.4. The van der Waals surface area contributed by atoms with Crippen molar-refractivity contribution >= 4 is 12.0 Å². The third-order valence-electron chi connectivity index (χ3n) is 1.95. The minimum atomic E-state index is -0.583.